The molecule has 6 heteroatoms. The van der Waals surface area contributed by atoms with Gasteiger partial charge >= 0.3 is 11.9 Å². The predicted octanol–water partition coefficient (Wildman–Crippen LogP) is 3.01. The Morgan fingerprint density at radius 2 is 1.76 bits per heavy atom. The molecule has 6 nitrogen and oxygen atoms in total. The predicted molar refractivity (Wildman–Crippen MR) is 98.7 cm³/mol. The van der Waals surface area contributed by atoms with E-state index in [-0.39, 0.29) is 24.7 Å². The Kier molecular flexibility index (Phi) is 8.99. The lowest BCUT2D eigenvalue weighted by molar-refractivity contribution is -0.151. The van der Waals surface area contributed by atoms with Crippen LogP contribution in [0.1, 0.15) is 50.2 Å². The van der Waals surface area contributed by atoms with Gasteiger partial charge in [-0.15, -0.1) is 0 Å². The molecule has 1 saturated carbocycles. The molecular weight excluding hydrogens is 320 g/mol. The zero-order valence-corrected chi connectivity index (χ0v) is 15.4. The van der Waals surface area contributed by atoms with Crippen LogP contribution in [0.15, 0.2) is 18.2 Å². The van der Waals surface area contributed by atoms with Crippen molar-refractivity contribution in [2.75, 3.05) is 11.9 Å². The molecule has 0 aromatic heterocycles. The van der Waals surface area contributed by atoms with Crippen molar-refractivity contribution in [2.45, 2.75) is 65.0 Å². The SMILES string of the molecule is Cc1cccc(C)c1N[C@@H](C)C(=O)OC1CCCCC1.NCC(=O)O. The molecule has 0 bridgehead atoms. The molecule has 0 radical (unpaired) electrons. The summed E-state index contributed by atoms with van der Waals surface area (Å²) in [6.45, 7) is 5.69. The van der Waals surface area contributed by atoms with Crippen LogP contribution in [0.5, 0.6) is 0 Å². The number of hydrogen-bond acceptors (Lipinski definition) is 5. The van der Waals surface area contributed by atoms with E-state index in [1.54, 1.807) is 0 Å². The van der Waals surface area contributed by atoms with Gasteiger partial charge < -0.3 is 20.9 Å². The van der Waals surface area contributed by atoms with E-state index < -0.39 is 5.97 Å². The van der Waals surface area contributed by atoms with Crippen LogP contribution in [-0.4, -0.2) is 35.7 Å². The number of rotatable bonds is 5. The van der Waals surface area contributed by atoms with Crippen molar-refractivity contribution in [2.24, 2.45) is 5.73 Å². The fraction of sp³-hybridized carbons (Fsp3) is 0.579. The number of carbonyl (C=O) groups is 2. The summed E-state index contributed by atoms with van der Waals surface area (Å²) >= 11 is 0. The number of para-hydroxylation sites is 1. The number of aliphatic carboxylic acids is 1. The van der Waals surface area contributed by atoms with E-state index in [1.807, 2.05) is 13.0 Å². The number of anilines is 1. The first-order valence-electron chi connectivity index (χ1n) is 8.80. The van der Waals surface area contributed by atoms with E-state index in [0.717, 1.165) is 29.7 Å². The quantitative estimate of drug-likeness (QED) is 0.706. The van der Waals surface area contributed by atoms with Crippen molar-refractivity contribution in [3.05, 3.63) is 29.3 Å². The molecule has 2 rings (SSSR count). The molecule has 0 amide bonds. The summed E-state index contributed by atoms with van der Waals surface area (Å²) in [7, 11) is 0. The van der Waals surface area contributed by atoms with Crippen molar-refractivity contribution in [1.82, 2.24) is 0 Å². The van der Waals surface area contributed by atoms with Gasteiger partial charge in [0.1, 0.15) is 12.1 Å². The van der Waals surface area contributed by atoms with E-state index in [4.69, 9.17) is 9.84 Å². The minimum atomic E-state index is -0.968. The summed E-state index contributed by atoms with van der Waals surface area (Å²) in [6, 6.07) is 5.82. The Hall–Kier alpha value is -2.08. The molecule has 0 spiro atoms. The summed E-state index contributed by atoms with van der Waals surface area (Å²) in [5.41, 5.74) is 7.92. The highest BCUT2D eigenvalue weighted by molar-refractivity contribution is 5.79. The van der Waals surface area contributed by atoms with Gasteiger partial charge in [-0.05, 0) is 57.6 Å². The topological polar surface area (TPSA) is 102 Å². The van der Waals surface area contributed by atoms with Crippen LogP contribution in [0.25, 0.3) is 0 Å². The number of aryl methyl sites for hydroxylation is 2. The Morgan fingerprint density at radius 1 is 1.24 bits per heavy atom. The molecule has 0 unspecified atom stereocenters. The van der Waals surface area contributed by atoms with Crippen LogP contribution in [-0.2, 0) is 14.3 Å². The lowest BCUT2D eigenvalue weighted by atomic mass is 9.98. The summed E-state index contributed by atoms with van der Waals surface area (Å²) in [5.74, 6) is -1.11. The molecular formula is C19H30N2O4. The first-order chi connectivity index (χ1) is 11.8. The number of nitrogens with one attached hydrogen (secondary N) is 1. The highest BCUT2D eigenvalue weighted by Crippen LogP contribution is 2.23. The minimum Gasteiger partial charge on any atom is -0.480 e. The zero-order chi connectivity index (χ0) is 18.8. The Labute approximate surface area is 149 Å². The van der Waals surface area contributed by atoms with Gasteiger partial charge in [0.05, 0.1) is 6.54 Å². The second-order valence-corrected chi connectivity index (χ2v) is 6.43. The Bertz CT molecular complexity index is 548. The molecule has 1 aliphatic carbocycles. The van der Waals surface area contributed by atoms with Crippen molar-refractivity contribution in [3.63, 3.8) is 0 Å². The van der Waals surface area contributed by atoms with Gasteiger partial charge in [0.25, 0.3) is 0 Å². The highest BCUT2D eigenvalue weighted by atomic mass is 16.5. The number of benzene rings is 1. The number of ether oxygens (including phenoxy) is 1. The van der Waals surface area contributed by atoms with Crippen LogP contribution in [0, 0.1) is 13.8 Å². The highest BCUT2D eigenvalue weighted by Gasteiger charge is 2.22. The molecule has 0 saturated heterocycles. The molecule has 1 aromatic carbocycles. The molecule has 1 aliphatic rings. The van der Waals surface area contributed by atoms with E-state index in [2.05, 4.69) is 37.0 Å². The average molecular weight is 350 g/mol. The first-order valence-corrected chi connectivity index (χ1v) is 8.80. The molecule has 25 heavy (non-hydrogen) atoms. The normalized spacial score (nSPS) is 15.5. The van der Waals surface area contributed by atoms with E-state index >= 15 is 0 Å². The first kappa shape index (κ1) is 21.0. The maximum atomic E-state index is 12.2. The van der Waals surface area contributed by atoms with Crippen molar-refractivity contribution in [3.8, 4) is 0 Å². The number of carboxylic acids is 1. The van der Waals surface area contributed by atoms with Gasteiger partial charge in [-0.25, -0.2) is 4.79 Å². The maximum absolute atomic E-state index is 12.2. The third kappa shape index (κ3) is 7.56. The maximum Gasteiger partial charge on any atom is 0.328 e. The van der Waals surface area contributed by atoms with Gasteiger partial charge in [0, 0.05) is 5.69 Å². The number of hydrogen-bond donors (Lipinski definition) is 3. The molecule has 1 aromatic rings. The van der Waals surface area contributed by atoms with E-state index in [0.29, 0.717) is 0 Å². The van der Waals surface area contributed by atoms with Crippen LogP contribution >= 0.6 is 0 Å². The molecule has 0 aliphatic heterocycles. The molecule has 1 atom stereocenters. The summed E-state index contributed by atoms with van der Waals surface area (Å²) in [6.07, 6.45) is 5.78. The van der Waals surface area contributed by atoms with Crippen LogP contribution in [0.2, 0.25) is 0 Å². The molecule has 1 fully saturated rings. The largest absolute Gasteiger partial charge is 0.480 e. The lowest BCUT2D eigenvalue weighted by Crippen LogP contribution is -2.32. The van der Waals surface area contributed by atoms with Crippen molar-refractivity contribution < 1.29 is 19.4 Å². The third-order valence-electron chi connectivity index (χ3n) is 4.21. The van der Waals surface area contributed by atoms with Crippen molar-refractivity contribution in [1.29, 1.82) is 0 Å². The Balaban J connectivity index is 0.000000550. The standard InChI is InChI=1S/C17H25NO2.C2H5NO2/c1-12-8-7-9-13(2)16(12)18-14(3)17(19)20-15-10-5-4-6-11-15;3-1-2(4)5/h7-9,14-15,18H,4-6,10-11H2,1-3H3;1,3H2,(H,4,5)/t14-;/m0./s1. The minimum absolute atomic E-state index is 0.124. The van der Waals surface area contributed by atoms with E-state index in [9.17, 15) is 9.59 Å². The summed E-state index contributed by atoms with van der Waals surface area (Å²) in [4.78, 5) is 21.4. The third-order valence-corrected chi connectivity index (χ3v) is 4.21. The van der Waals surface area contributed by atoms with Gasteiger partial charge in [0.2, 0.25) is 0 Å². The molecule has 4 N–H and O–H groups in total. The van der Waals surface area contributed by atoms with Crippen LogP contribution < -0.4 is 11.1 Å². The van der Waals surface area contributed by atoms with Gasteiger partial charge in [0.15, 0.2) is 0 Å². The van der Waals surface area contributed by atoms with Gasteiger partial charge in [-0.1, -0.05) is 24.6 Å². The summed E-state index contributed by atoms with van der Waals surface area (Å²) in [5, 5.41) is 10.9. The van der Waals surface area contributed by atoms with Crippen LogP contribution in [0.3, 0.4) is 0 Å². The number of esters is 1. The monoisotopic (exact) mass is 350 g/mol. The fourth-order valence-corrected chi connectivity index (χ4v) is 2.77. The Morgan fingerprint density at radius 3 is 2.24 bits per heavy atom. The fourth-order valence-electron chi connectivity index (χ4n) is 2.77. The van der Waals surface area contributed by atoms with Gasteiger partial charge in [-0.2, -0.15) is 0 Å². The summed E-state index contributed by atoms with van der Waals surface area (Å²) < 4.78 is 5.60. The van der Waals surface area contributed by atoms with Crippen LogP contribution in [0.4, 0.5) is 5.69 Å². The van der Waals surface area contributed by atoms with Crippen molar-refractivity contribution >= 4 is 17.6 Å². The molecule has 140 valence electrons. The lowest BCUT2D eigenvalue weighted by Gasteiger charge is -2.24. The zero-order valence-electron chi connectivity index (χ0n) is 15.4. The number of carboxylic acid groups (broad SMARTS) is 1. The molecule has 0 heterocycles. The van der Waals surface area contributed by atoms with E-state index in [1.165, 1.54) is 19.3 Å². The number of carbonyl (C=O) groups excluding carboxylic acids is 1. The number of nitrogens with two attached hydrogens (primary N) is 1. The van der Waals surface area contributed by atoms with Gasteiger partial charge in [-0.3, -0.25) is 4.79 Å². The second-order valence-electron chi connectivity index (χ2n) is 6.43. The second kappa shape index (κ2) is 10.7. The smallest absolute Gasteiger partial charge is 0.328 e. The average Bonchev–Trinajstić information content (AvgIpc) is 2.59.